The monoisotopic (exact) mass is 514 g/mol. The van der Waals surface area contributed by atoms with Gasteiger partial charge in [0.15, 0.2) is 10.8 Å². The van der Waals surface area contributed by atoms with Crippen molar-refractivity contribution in [3.05, 3.63) is 70.9 Å². The van der Waals surface area contributed by atoms with E-state index in [2.05, 4.69) is 10.1 Å². The zero-order valence-electron chi connectivity index (χ0n) is 18.9. The molecule has 10 heteroatoms. The number of aliphatic hydroxyl groups excluding tert-OH is 2. The van der Waals surface area contributed by atoms with Gasteiger partial charge in [-0.25, -0.2) is 4.98 Å². The Bertz CT molecular complexity index is 1410. The average molecular weight is 515 g/mol. The lowest BCUT2D eigenvalue weighted by Crippen LogP contribution is -2.13. The molecule has 0 fully saturated rings. The van der Waals surface area contributed by atoms with Crippen LogP contribution in [-0.4, -0.2) is 32.7 Å². The number of Topliss-reactive ketones (excluding diaryl/α,β-unsaturated/α-hetero) is 1. The third kappa shape index (κ3) is 4.47. The van der Waals surface area contributed by atoms with E-state index in [9.17, 15) is 23.1 Å². The van der Waals surface area contributed by atoms with Crippen LogP contribution in [0.1, 0.15) is 41.3 Å². The Morgan fingerprint density at radius 3 is 2.64 bits per heavy atom. The standard InChI is InChI=1S/C26H21F3N2O4S/c27-26(28,29)20-21(14-5-2-1-3-6-14)31-35-23(20)25-30-18-11-9-15-13-16(8-10-17(15)24(18)36-25)22(34)19(33)7-4-12-32/h1-3,5-6,8,10,13,22,32,34H,4,7,9,11-12H2/t22-/m0/s1. The van der Waals surface area contributed by atoms with Gasteiger partial charge in [0.05, 0.1) is 10.6 Å². The molecule has 1 aliphatic carbocycles. The largest absolute Gasteiger partial charge is 0.422 e. The highest BCUT2D eigenvalue weighted by Gasteiger charge is 2.42. The summed E-state index contributed by atoms with van der Waals surface area (Å²) in [7, 11) is 0. The SMILES string of the molecule is O=C(CCCO)[C@@H](O)c1ccc2c(c1)CCc1nc(-c3onc(-c4ccccc4)c3C(F)(F)F)sc1-2. The molecule has 1 aliphatic rings. The van der Waals surface area contributed by atoms with Gasteiger partial charge in [0.1, 0.15) is 17.4 Å². The van der Waals surface area contributed by atoms with Crippen LogP contribution in [0.15, 0.2) is 53.1 Å². The van der Waals surface area contributed by atoms with Gasteiger partial charge in [-0.1, -0.05) is 53.7 Å². The molecule has 0 spiro atoms. The lowest BCUT2D eigenvalue weighted by atomic mass is 9.90. The minimum absolute atomic E-state index is 0.0702. The predicted octanol–water partition coefficient (Wildman–Crippen LogP) is 5.62. The summed E-state index contributed by atoms with van der Waals surface area (Å²) in [5.74, 6) is -0.788. The Kier molecular flexibility index (Phi) is 6.50. The van der Waals surface area contributed by atoms with Gasteiger partial charge < -0.3 is 14.7 Å². The van der Waals surface area contributed by atoms with Crippen LogP contribution in [0.4, 0.5) is 13.2 Å². The first kappa shape index (κ1) is 24.4. The van der Waals surface area contributed by atoms with Crippen molar-refractivity contribution in [3.8, 4) is 32.5 Å². The molecule has 2 aromatic carbocycles. The van der Waals surface area contributed by atoms with E-state index in [0.717, 1.165) is 27.3 Å². The highest BCUT2D eigenvalue weighted by atomic mass is 32.1. The number of hydrogen-bond acceptors (Lipinski definition) is 7. The quantitative estimate of drug-likeness (QED) is 0.332. The Balaban J connectivity index is 1.52. The number of alkyl halides is 3. The van der Waals surface area contributed by atoms with Crippen molar-refractivity contribution < 1.29 is 32.7 Å². The molecule has 0 amide bonds. The van der Waals surface area contributed by atoms with Crippen molar-refractivity contribution in [1.82, 2.24) is 10.1 Å². The Morgan fingerprint density at radius 1 is 1.14 bits per heavy atom. The molecule has 4 aromatic rings. The van der Waals surface area contributed by atoms with Crippen molar-refractivity contribution in [1.29, 1.82) is 0 Å². The molecule has 2 heterocycles. The first-order chi connectivity index (χ1) is 17.3. The summed E-state index contributed by atoms with van der Waals surface area (Å²) in [5, 5.41) is 23.2. The molecule has 2 N–H and O–H groups in total. The number of carbonyl (C=O) groups is 1. The minimum Gasteiger partial charge on any atom is -0.396 e. The Labute approximate surface area is 208 Å². The number of fused-ring (bicyclic) bond motifs is 3. The maximum Gasteiger partial charge on any atom is 0.422 e. The van der Waals surface area contributed by atoms with Gasteiger partial charge in [-0.2, -0.15) is 13.2 Å². The lowest BCUT2D eigenvalue weighted by molar-refractivity contribution is -0.136. The molecule has 0 radical (unpaired) electrons. The number of rotatable bonds is 7. The van der Waals surface area contributed by atoms with Gasteiger partial charge in [0, 0.05) is 18.6 Å². The molecule has 5 rings (SSSR count). The van der Waals surface area contributed by atoms with E-state index < -0.39 is 23.6 Å². The van der Waals surface area contributed by atoms with Gasteiger partial charge in [-0.05, 0) is 36.0 Å². The number of carbonyl (C=O) groups excluding carboxylic acids is 1. The van der Waals surface area contributed by atoms with E-state index in [1.54, 1.807) is 48.5 Å². The summed E-state index contributed by atoms with van der Waals surface area (Å²) >= 11 is 1.10. The second-order valence-electron chi connectivity index (χ2n) is 8.51. The van der Waals surface area contributed by atoms with Crippen molar-refractivity contribution >= 4 is 17.1 Å². The van der Waals surface area contributed by atoms with Crippen LogP contribution in [0, 0.1) is 0 Å². The molecule has 6 nitrogen and oxygen atoms in total. The maximum atomic E-state index is 14.1. The van der Waals surface area contributed by atoms with Crippen LogP contribution >= 0.6 is 11.3 Å². The number of halogens is 3. The van der Waals surface area contributed by atoms with Crippen LogP contribution < -0.4 is 0 Å². The number of hydrogen-bond donors (Lipinski definition) is 2. The first-order valence-electron chi connectivity index (χ1n) is 11.3. The van der Waals surface area contributed by atoms with Crippen molar-refractivity contribution in [2.24, 2.45) is 0 Å². The van der Waals surface area contributed by atoms with E-state index >= 15 is 0 Å². The summed E-state index contributed by atoms with van der Waals surface area (Å²) in [5.41, 5.74) is 1.85. The van der Waals surface area contributed by atoms with E-state index in [-0.39, 0.29) is 35.9 Å². The topological polar surface area (TPSA) is 96.5 Å². The van der Waals surface area contributed by atoms with Gasteiger partial charge in [0.25, 0.3) is 0 Å². The first-order valence-corrected chi connectivity index (χ1v) is 12.2. The summed E-state index contributed by atoms with van der Waals surface area (Å²) in [4.78, 5) is 17.4. The van der Waals surface area contributed by atoms with Crippen LogP contribution in [0.2, 0.25) is 0 Å². The third-order valence-corrected chi connectivity index (χ3v) is 7.25. The summed E-state index contributed by atoms with van der Waals surface area (Å²) in [6.07, 6.45) is -4.58. The molecule has 0 saturated carbocycles. The fourth-order valence-electron chi connectivity index (χ4n) is 4.36. The predicted molar refractivity (Wildman–Crippen MR) is 127 cm³/mol. The second-order valence-corrected chi connectivity index (χ2v) is 9.51. The molecule has 0 aliphatic heterocycles. The molecule has 2 aromatic heterocycles. The summed E-state index contributed by atoms with van der Waals surface area (Å²) in [6.45, 7) is -0.132. The molecular formula is C26H21F3N2O4S. The van der Waals surface area contributed by atoms with Gasteiger partial charge in [0.2, 0.25) is 5.76 Å². The van der Waals surface area contributed by atoms with E-state index in [0.29, 0.717) is 29.7 Å². The Hall–Kier alpha value is -3.34. The van der Waals surface area contributed by atoms with Crippen LogP contribution in [-0.2, 0) is 23.8 Å². The zero-order valence-corrected chi connectivity index (χ0v) is 19.7. The van der Waals surface area contributed by atoms with Crippen molar-refractivity contribution in [2.75, 3.05) is 6.61 Å². The number of aromatic nitrogens is 2. The fourth-order valence-corrected chi connectivity index (χ4v) is 5.52. The summed E-state index contributed by atoms with van der Waals surface area (Å²) in [6, 6.07) is 13.2. The van der Waals surface area contributed by atoms with E-state index in [1.807, 2.05) is 0 Å². The van der Waals surface area contributed by atoms with Crippen LogP contribution in [0.25, 0.3) is 32.5 Å². The number of nitrogens with zero attached hydrogens (tertiary/aromatic N) is 2. The van der Waals surface area contributed by atoms with Crippen molar-refractivity contribution in [3.63, 3.8) is 0 Å². The molecule has 0 unspecified atom stereocenters. The molecule has 1 atom stereocenters. The number of aryl methyl sites for hydroxylation is 2. The smallest absolute Gasteiger partial charge is 0.396 e. The molecule has 0 saturated heterocycles. The zero-order chi connectivity index (χ0) is 25.4. The molecule has 0 bridgehead atoms. The Morgan fingerprint density at radius 2 is 1.92 bits per heavy atom. The van der Waals surface area contributed by atoms with Crippen LogP contribution in [0.3, 0.4) is 0 Å². The highest BCUT2D eigenvalue weighted by Crippen LogP contribution is 2.47. The molecule has 186 valence electrons. The fraction of sp³-hybridized carbons (Fsp3) is 0.269. The van der Waals surface area contributed by atoms with E-state index in [1.165, 1.54) is 0 Å². The normalized spacial score (nSPS) is 13.8. The summed E-state index contributed by atoms with van der Waals surface area (Å²) < 4.78 is 47.6. The van der Waals surface area contributed by atoms with Gasteiger partial charge in [-0.3, -0.25) is 4.79 Å². The number of benzene rings is 2. The third-order valence-electron chi connectivity index (χ3n) is 6.12. The number of thiazole rings is 1. The van der Waals surface area contributed by atoms with Gasteiger partial charge >= 0.3 is 6.18 Å². The van der Waals surface area contributed by atoms with E-state index in [4.69, 9.17) is 9.63 Å². The second kappa shape index (κ2) is 9.61. The van der Waals surface area contributed by atoms with Gasteiger partial charge in [-0.15, -0.1) is 11.3 Å². The van der Waals surface area contributed by atoms with Crippen molar-refractivity contribution in [2.45, 2.75) is 38.0 Å². The molecule has 36 heavy (non-hydrogen) atoms. The maximum absolute atomic E-state index is 14.1. The lowest BCUT2D eigenvalue weighted by Gasteiger charge is -2.18. The number of ketones is 1. The minimum atomic E-state index is -4.70. The number of aliphatic hydroxyl groups is 2. The van der Waals surface area contributed by atoms with Crippen LogP contribution in [0.5, 0.6) is 0 Å². The average Bonchev–Trinajstić information content (AvgIpc) is 3.51. The highest BCUT2D eigenvalue weighted by molar-refractivity contribution is 7.18. The molecular weight excluding hydrogens is 493 g/mol.